The monoisotopic (exact) mass is 277 g/mol. The normalized spacial score (nSPS) is 21.3. The molecule has 1 N–H and O–H groups in total. The van der Waals surface area contributed by atoms with Gasteiger partial charge in [-0.1, -0.05) is 37.1 Å². The first-order chi connectivity index (χ1) is 9.22. The molecule has 2 rings (SSSR count). The third kappa shape index (κ3) is 4.00. The molecule has 1 nitrogen and oxygen atoms in total. The summed E-state index contributed by atoms with van der Waals surface area (Å²) in [6.45, 7) is 7.83. The molecule has 0 aromatic heterocycles. The molecule has 1 aromatic carbocycles. The summed E-state index contributed by atoms with van der Waals surface area (Å²) in [6, 6.07) is 7.42. The summed E-state index contributed by atoms with van der Waals surface area (Å²) >= 11 is 2.17. The molecule has 0 radical (unpaired) electrons. The second-order valence-electron chi connectivity index (χ2n) is 5.70. The second-order valence-corrected chi connectivity index (χ2v) is 7.04. The van der Waals surface area contributed by atoms with Crippen LogP contribution in [0.5, 0.6) is 0 Å². The lowest BCUT2D eigenvalue weighted by atomic mass is 9.94. The highest BCUT2D eigenvalue weighted by Gasteiger charge is 2.26. The summed E-state index contributed by atoms with van der Waals surface area (Å²) in [6.07, 6.45) is 5.36. The van der Waals surface area contributed by atoms with Crippen LogP contribution in [0.3, 0.4) is 0 Å². The lowest BCUT2D eigenvalue weighted by Gasteiger charge is -2.32. The van der Waals surface area contributed by atoms with Gasteiger partial charge in [0.2, 0.25) is 0 Å². The van der Waals surface area contributed by atoms with Crippen LogP contribution in [0.25, 0.3) is 0 Å². The van der Waals surface area contributed by atoms with Crippen LogP contribution in [0.15, 0.2) is 18.2 Å². The van der Waals surface area contributed by atoms with Gasteiger partial charge in [-0.25, -0.2) is 0 Å². The van der Waals surface area contributed by atoms with Gasteiger partial charge in [0.25, 0.3) is 0 Å². The van der Waals surface area contributed by atoms with Gasteiger partial charge >= 0.3 is 0 Å². The van der Waals surface area contributed by atoms with Crippen molar-refractivity contribution in [2.24, 2.45) is 0 Å². The third-order valence-electron chi connectivity index (χ3n) is 3.97. The zero-order valence-corrected chi connectivity index (χ0v) is 13.4. The van der Waals surface area contributed by atoms with Crippen molar-refractivity contribution in [1.82, 2.24) is 5.32 Å². The number of benzene rings is 1. The minimum Gasteiger partial charge on any atom is -0.309 e. The molecule has 0 bridgehead atoms. The summed E-state index contributed by atoms with van der Waals surface area (Å²) in [4.78, 5) is 0. The zero-order chi connectivity index (χ0) is 13.7. The van der Waals surface area contributed by atoms with Crippen molar-refractivity contribution < 1.29 is 0 Å². The summed E-state index contributed by atoms with van der Waals surface area (Å²) in [5.41, 5.74) is 4.34. The molecule has 1 heterocycles. The number of hydrogen-bond donors (Lipinski definition) is 1. The maximum Gasteiger partial charge on any atom is 0.0443 e. The Morgan fingerprint density at radius 1 is 1.32 bits per heavy atom. The lowest BCUT2D eigenvalue weighted by molar-refractivity contribution is 0.477. The van der Waals surface area contributed by atoms with E-state index in [1.807, 2.05) is 0 Å². The summed E-state index contributed by atoms with van der Waals surface area (Å²) in [5, 5.41) is 4.55. The molecule has 0 aliphatic carbocycles. The summed E-state index contributed by atoms with van der Waals surface area (Å²) in [7, 11) is 0. The van der Waals surface area contributed by atoms with Crippen molar-refractivity contribution in [2.45, 2.75) is 57.7 Å². The average molecular weight is 277 g/mol. The maximum atomic E-state index is 3.80. The maximum absolute atomic E-state index is 3.80. The van der Waals surface area contributed by atoms with E-state index < -0.39 is 0 Å². The molecule has 0 spiro atoms. The van der Waals surface area contributed by atoms with Crippen molar-refractivity contribution in [1.29, 1.82) is 0 Å². The predicted octanol–water partition coefficient (Wildman–Crippen LogP) is 4.63. The van der Waals surface area contributed by atoms with Gasteiger partial charge in [0, 0.05) is 11.3 Å². The van der Waals surface area contributed by atoms with Crippen LogP contribution in [0.2, 0.25) is 0 Å². The van der Waals surface area contributed by atoms with Crippen LogP contribution in [0.1, 0.15) is 55.3 Å². The molecule has 2 atom stereocenters. The zero-order valence-electron chi connectivity index (χ0n) is 12.5. The Morgan fingerprint density at radius 2 is 2.16 bits per heavy atom. The number of rotatable bonds is 5. The quantitative estimate of drug-likeness (QED) is 0.842. The first-order valence-electron chi connectivity index (χ1n) is 7.64. The van der Waals surface area contributed by atoms with E-state index in [-0.39, 0.29) is 0 Å². The van der Waals surface area contributed by atoms with Gasteiger partial charge in [-0.2, -0.15) is 11.8 Å². The van der Waals surface area contributed by atoms with Crippen LogP contribution in [0, 0.1) is 13.8 Å². The lowest BCUT2D eigenvalue weighted by Crippen LogP contribution is -2.33. The van der Waals surface area contributed by atoms with Crippen molar-refractivity contribution in [3.63, 3.8) is 0 Å². The Bertz CT molecular complexity index is 396. The number of nitrogens with one attached hydrogen (secondary N) is 1. The minimum absolute atomic E-state index is 0.533. The number of aryl methyl sites for hydroxylation is 2. The fourth-order valence-corrected chi connectivity index (χ4v) is 4.31. The molecule has 1 saturated heterocycles. The van der Waals surface area contributed by atoms with E-state index in [9.17, 15) is 0 Å². The Morgan fingerprint density at radius 3 is 2.84 bits per heavy atom. The van der Waals surface area contributed by atoms with Crippen molar-refractivity contribution in [3.05, 3.63) is 34.9 Å². The standard InChI is InChI=1S/C17H27NS/c1-4-10-18-17(16-7-5-6-11-19-16)15-12-13(2)8-9-14(15)3/h8-9,12,16-18H,4-7,10-11H2,1-3H3. The van der Waals surface area contributed by atoms with Crippen LogP contribution >= 0.6 is 11.8 Å². The number of thioether (sulfide) groups is 1. The fraction of sp³-hybridized carbons (Fsp3) is 0.647. The Hall–Kier alpha value is -0.470. The summed E-state index contributed by atoms with van der Waals surface area (Å²) < 4.78 is 0. The highest BCUT2D eigenvalue weighted by Crippen LogP contribution is 2.36. The van der Waals surface area contributed by atoms with E-state index in [4.69, 9.17) is 0 Å². The molecule has 0 amide bonds. The van der Waals surface area contributed by atoms with E-state index >= 15 is 0 Å². The van der Waals surface area contributed by atoms with Gasteiger partial charge in [0.15, 0.2) is 0 Å². The van der Waals surface area contributed by atoms with Gasteiger partial charge in [-0.15, -0.1) is 0 Å². The van der Waals surface area contributed by atoms with E-state index in [0.29, 0.717) is 6.04 Å². The second kappa shape index (κ2) is 7.35. The van der Waals surface area contributed by atoms with Crippen molar-refractivity contribution in [2.75, 3.05) is 12.3 Å². The van der Waals surface area contributed by atoms with Gasteiger partial charge in [0.05, 0.1) is 0 Å². The van der Waals surface area contributed by atoms with Crippen molar-refractivity contribution in [3.8, 4) is 0 Å². The molecule has 2 heteroatoms. The minimum atomic E-state index is 0.533. The Kier molecular flexibility index (Phi) is 5.77. The largest absolute Gasteiger partial charge is 0.309 e. The Balaban J connectivity index is 2.22. The molecule has 2 unspecified atom stereocenters. The first kappa shape index (κ1) is 14.9. The van der Waals surface area contributed by atoms with E-state index in [1.165, 1.54) is 48.1 Å². The molecule has 106 valence electrons. The molecule has 1 fully saturated rings. The average Bonchev–Trinajstić information content (AvgIpc) is 2.44. The summed E-state index contributed by atoms with van der Waals surface area (Å²) in [5.74, 6) is 1.33. The van der Waals surface area contributed by atoms with Gasteiger partial charge < -0.3 is 5.32 Å². The van der Waals surface area contributed by atoms with E-state index in [1.54, 1.807) is 0 Å². The molecular formula is C17H27NS. The van der Waals surface area contributed by atoms with Crippen molar-refractivity contribution >= 4 is 11.8 Å². The molecule has 19 heavy (non-hydrogen) atoms. The highest BCUT2D eigenvalue weighted by atomic mass is 32.2. The smallest absolute Gasteiger partial charge is 0.0443 e. The molecule has 1 aromatic rings. The third-order valence-corrected chi connectivity index (χ3v) is 5.43. The van der Waals surface area contributed by atoms with Crippen LogP contribution in [0.4, 0.5) is 0 Å². The topological polar surface area (TPSA) is 12.0 Å². The first-order valence-corrected chi connectivity index (χ1v) is 8.69. The van der Waals surface area contributed by atoms with Crippen LogP contribution < -0.4 is 5.32 Å². The van der Waals surface area contributed by atoms with Gasteiger partial charge in [-0.3, -0.25) is 0 Å². The SMILES string of the molecule is CCCNC(c1cc(C)ccc1C)C1CCCCS1. The molecular weight excluding hydrogens is 250 g/mol. The van der Waals surface area contributed by atoms with Crippen LogP contribution in [-0.4, -0.2) is 17.5 Å². The molecule has 1 aliphatic heterocycles. The van der Waals surface area contributed by atoms with E-state index in [0.717, 1.165) is 11.8 Å². The molecule has 0 saturated carbocycles. The Labute approximate surface area is 122 Å². The number of hydrogen-bond acceptors (Lipinski definition) is 2. The van der Waals surface area contributed by atoms with Gasteiger partial charge in [-0.05, 0) is 56.5 Å². The van der Waals surface area contributed by atoms with Gasteiger partial charge in [0.1, 0.15) is 0 Å². The fourth-order valence-electron chi connectivity index (χ4n) is 2.86. The van der Waals surface area contributed by atoms with Crippen LogP contribution in [-0.2, 0) is 0 Å². The predicted molar refractivity (Wildman–Crippen MR) is 87.0 cm³/mol. The highest BCUT2D eigenvalue weighted by molar-refractivity contribution is 8.00. The molecule has 1 aliphatic rings. The van der Waals surface area contributed by atoms with E-state index in [2.05, 4.69) is 56.0 Å².